The van der Waals surface area contributed by atoms with Gasteiger partial charge in [0.05, 0.1) is 16.2 Å². The van der Waals surface area contributed by atoms with Gasteiger partial charge in [0.25, 0.3) is 5.56 Å². The summed E-state index contributed by atoms with van der Waals surface area (Å²) in [6.45, 7) is 7.55. The summed E-state index contributed by atoms with van der Waals surface area (Å²) in [4.78, 5) is 32.5. The Hall–Kier alpha value is -1.82. The number of benzene rings is 1. The van der Waals surface area contributed by atoms with E-state index >= 15 is 0 Å². The minimum Gasteiger partial charge on any atom is -0.342 e. The molecule has 0 saturated carbocycles. The molecule has 1 aliphatic heterocycles. The van der Waals surface area contributed by atoms with Gasteiger partial charge in [-0.1, -0.05) is 36.7 Å². The molecule has 1 atom stereocenters. The van der Waals surface area contributed by atoms with Crippen molar-refractivity contribution in [3.8, 4) is 0 Å². The molecule has 2 heterocycles. The first-order valence-corrected chi connectivity index (χ1v) is 10.3. The average Bonchev–Trinajstić information content (AvgIpc) is 2.90. The van der Waals surface area contributed by atoms with Gasteiger partial charge >= 0.3 is 0 Å². The van der Waals surface area contributed by atoms with Crippen molar-refractivity contribution in [3.63, 3.8) is 0 Å². The Labute approximate surface area is 158 Å². The van der Waals surface area contributed by atoms with Gasteiger partial charge in [-0.05, 0) is 45.7 Å². The van der Waals surface area contributed by atoms with Crippen LogP contribution in [-0.4, -0.2) is 38.7 Å². The second-order valence-electron chi connectivity index (χ2n) is 7.18. The number of likely N-dealkylation sites (tertiary alicyclic amines) is 1. The summed E-state index contributed by atoms with van der Waals surface area (Å²) < 4.78 is 1.71. The van der Waals surface area contributed by atoms with Gasteiger partial charge in [0.2, 0.25) is 5.91 Å². The highest BCUT2D eigenvalue weighted by molar-refractivity contribution is 8.00. The molecule has 2 aromatic rings. The molecule has 0 radical (unpaired) electrons. The second kappa shape index (κ2) is 8.25. The number of carbonyl (C=O) groups excluding carboxylic acids is 1. The van der Waals surface area contributed by atoms with E-state index in [0.29, 0.717) is 16.1 Å². The lowest BCUT2D eigenvalue weighted by atomic mass is 10.2. The van der Waals surface area contributed by atoms with E-state index in [2.05, 4.69) is 0 Å². The van der Waals surface area contributed by atoms with Gasteiger partial charge in [-0.2, -0.15) is 0 Å². The highest BCUT2D eigenvalue weighted by atomic mass is 32.2. The van der Waals surface area contributed by atoms with Crippen LogP contribution in [0.5, 0.6) is 0 Å². The largest absolute Gasteiger partial charge is 0.342 e. The van der Waals surface area contributed by atoms with Crippen molar-refractivity contribution in [3.05, 3.63) is 34.6 Å². The smallest absolute Gasteiger partial charge is 0.262 e. The summed E-state index contributed by atoms with van der Waals surface area (Å²) in [5.41, 5.74) is 0.647. The molecule has 1 fully saturated rings. The number of fused-ring (bicyclic) bond motifs is 1. The summed E-state index contributed by atoms with van der Waals surface area (Å²) in [5.74, 6) is 0.148. The Morgan fingerprint density at radius 1 is 1.08 bits per heavy atom. The Kier molecular flexibility index (Phi) is 6.01. The molecular weight excluding hydrogens is 346 g/mol. The van der Waals surface area contributed by atoms with Crippen LogP contribution in [0.25, 0.3) is 10.9 Å². The van der Waals surface area contributed by atoms with Crippen molar-refractivity contribution in [2.24, 2.45) is 0 Å². The summed E-state index contributed by atoms with van der Waals surface area (Å²) in [6.07, 6.45) is 4.55. The maximum atomic E-state index is 12.9. The van der Waals surface area contributed by atoms with Crippen LogP contribution >= 0.6 is 11.8 Å². The maximum Gasteiger partial charge on any atom is 0.262 e. The van der Waals surface area contributed by atoms with Gasteiger partial charge in [-0.3, -0.25) is 14.2 Å². The van der Waals surface area contributed by atoms with Crippen LogP contribution in [0.15, 0.2) is 34.2 Å². The van der Waals surface area contributed by atoms with E-state index in [4.69, 9.17) is 4.98 Å². The Bertz CT molecular complexity index is 839. The lowest BCUT2D eigenvalue weighted by Gasteiger charge is -2.24. The van der Waals surface area contributed by atoms with Crippen molar-refractivity contribution in [2.75, 3.05) is 13.1 Å². The van der Waals surface area contributed by atoms with Gasteiger partial charge in [0.1, 0.15) is 0 Å². The Morgan fingerprint density at radius 3 is 2.38 bits per heavy atom. The zero-order valence-corrected chi connectivity index (χ0v) is 16.6. The fourth-order valence-electron chi connectivity index (χ4n) is 3.42. The standard InChI is InChI=1S/C20H27N3O2S/c1-14(2)23-19(25)16-10-6-7-11-17(16)21-20(23)26-15(3)18(24)22-12-8-4-5-9-13-22/h6-7,10-11,14-15H,4-5,8-9,12-13H2,1-3H3. The van der Waals surface area contributed by atoms with Crippen LogP contribution in [0.4, 0.5) is 0 Å². The molecule has 6 heteroatoms. The molecule has 1 saturated heterocycles. The third-order valence-corrected chi connectivity index (χ3v) is 5.89. The molecule has 1 aromatic heterocycles. The molecule has 0 aliphatic carbocycles. The van der Waals surface area contributed by atoms with Crippen LogP contribution in [0.2, 0.25) is 0 Å². The normalized spacial score (nSPS) is 16.7. The van der Waals surface area contributed by atoms with E-state index in [0.717, 1.165) is 25.9 Å². The number of carbonyl (C=O) groups is 1. The fraction of sp³-hybridized carbons (Fsp3) is 0.550. The SMILES string of the molecule is CC(Sc1nc2ccccc2c(=O)n1C(C)C)C(=O)N1CCCCCC1. The number of thioether (sulfide) groups is 1. The molecule has 26 heavy (non-hydrogen) atoms. The number of nitrogens with zero attached hydrogens (tertiary/aromatic N) is 3. The number of aromatic nitrogens is 2. The summed E-state index contributed by atoms with van der Waals surface area (Å²) in [6, 6.07) is 7.39. The molecule has 1 aromatic carbocycles. The molecule has 3 rings (SSSR count). The van der Waals surface area contributed by atoms with Gasteiger partial charge in [-0.25, -0.2) is 4.98 Å². The third-order valence-electron chi connectivity index (χ3n) is 4.84. The number of rotatable bonds is 4. The van der Waals surface area contributed by atoms with Gasteiger partial charge < -0.3 is 4.90 Å². The van der Waals surface area contributed by atoms with Gasteiger partial charge in [0.15, 0.2) is 5.16 Å². The van der Waals surface area contributed by atoms with Crippen molar-refractivity contribution in [1.29, 1.82) is 0 Å². The van der Waals surface area contributed by atoms with Crippen molar-refractivity contribution in [1.82, 2.24) is 14.5 Å². The first kappa shape index (κ1) is 19.0. The molecule has 140 valence electrons. The first-order chi connectivity index (χ1) is 12.5. The number of hydrogen-bond acceptors (Lipinski definition) is 4. The zero-order chi connectivity index (χ0) is 18.7. The predicted octanol–water partition coefficient (Wildman–Crippen LogP) is 3.86. The minimum absolute atomic E-state index is 0.0115. The van der Waals surface area contributed by atoms with Crippen LogP contribution in [0.1, 0.15) is 52.5 Å². The summed E-state index contributed by atoms with van der Waals surface area (Å²) in [7, 11) is 0. The summed E-state index contributed by atoms with van der Waals surface area (Å²) in [5, 5.41) is 0.989. The van der Waals surface area contributed by atoms with Crippen molar-refractivity contribution in [2.45, 2.75) is 62.9 Å². The third kappa shape index (κ3) is 3.95. The lowest BCUT2D eigenvalue weighted by Crippen LogP contribution is -2.37. The second-order valence-corrected chi connectivity index (χ2v) is 8.49. The predicted molar refractivity (Wildman–Crippen MR) is 107 cm³/mol. The monoisotopic (exact) mass is 373 g/mol. The Balaban J connectivity index is 1.90. The van der Waals surface area contributed by atoms with Crippen LogP contribution in [0.3, 0.4) is 0 Å². The number of amides is 1. The van der Waals surface area contributed by atoms with Crippen molar-refractivity contribution >= 4 is 28.6 Å². The van der Waals surface area contributed by atoms with E-state index in [1.54, 1.807) is 4.57 Å². The highest BCUT2D eigenvalue weighted by Gasteiger charge is 2.25. The van der Waals surface area contributed by atoms with E-state index in [1.165, 1.54) is 24.6 Å². The quantitative estimate of drug-likeness (QED) is 0.603. The average molecular weight is 374 g/mol. The van der Waals surface area contributed by atoms with Crippen molar-refractivity contribution < 1.29 is 4.79 Å². The fourth-order valence-corrected chi connectivity index (χ4v) is 4.55. The lowest BCUT2D eigenvalue weighted by molar-refractivity contribution is -0.130. The molecule has 5 nitrogen and oxygen atoms in total. The van der Waals surface area contributed by atoms with E-state index in [1.807, 2.05) is 49.9 Å². The molecule has 0 bridgehead atoms. The molecule has 0 N–H and O–H groups in total. The maximum absolute atomic E-state index is 12.9. The number of para-hydroxylation sites is 1. The molecule has 1 aliphatic rings. The first-order valence-electron chi connectivity index (χ1n) is 9.45. The molecule has 1 unspecified atom stereocenters. The molecular formula is C20H27N3O2S. The van der Waals surface area contributed by atoms with E-state index < -0.39 is 0 Å². The van der Waals surface area contributed by atoms with E-state index in [-0.39, 0.29) is 22.8 Å². The zero-order valence-electron chi connectivity index (χ0n) is 15.8. The van der Waals surface area contributed by atoms with Gasteiger partial charge in [-0.15, -0.1) is 0 Å². The Morgan fingerprint density at radius 2 is 1.73 bits per heavy atom. The van der Waals surface area contributed by atoms with Crippen LogP contribution in [-0.2, 0) is 4.79 Å². The van der Waals surface area contributed by atoms with Crippen LogP contribution < -0.4 is 5.56 Å². The molecule has 0 spiro atoms. The number of hydrogen-bond donors (Lipinski definition) is 0. The van der Waals surface area contributed by atoms with Crippen LogP contribution in [0, 0.1) is 0 Å². The van der Waals surface area contributed by atoms with E-state index in [9.17, 15) is 9.59 Å². The topological polar surface area (TPSA) is 55.2 Å². The molecule has 1 amide bonds. The summed E-state index contributed by atoms with van der Waals surface area (Å²) >= 11 is 1.40. The minimum atomic E-state index is -0.258. The highest BCUT2D eigenvalue weighted by Crippen LogP contribution is 2.26. The van der Waals surface area contributed by atoms with Gasteiger partial charge in [0, 0.05) is 19.1 Å².